The van der Waals surface area contributed by atoms with Gasteiger partial charge in [0.1, 0.15) is 0 Å². The molecule has 7 nitrogen and oxygen atoms in total. The average Bonchev–Trinajstić information content (AvgIpc) is 2.90. The predicted octanol–water partition coefficient (Wildman–Crippen LogP) is 1.05. The van der Waals surface area contributed by atoms with Gasteiger partial charge in [-0.1, -0.05) is 13.0 Å². The zero-order valence-corrected chi connectivity index (χ0v) is 16.5. The molecule has 2 atom stereocenters. The van der Waals surface area contributed by atoms with Gasteiger partial charge in [-0.05, 0) is 31.9 Å². The SMILES string of the molecule is CCc1ccc(CN2CCN(C(=O)NC(C)C)[C@H]3CS(=O)(=O)C[C@H]32)nc1. The Labute approximate surface area is 155 Å². The van der Waals surface area contributed by atoms with Crippen molar-refractivity contribution >= 4 is 15.9 Å². The highest BCUT2D eigenvalue weighted by atomic mass is 32.2. The highest BCUT2D eigenvalue weighted by molar-refractivity contribution is 7.91. The van der Waals surface area contributed by atoms with Gasteiger partial charge in [0.05, 0.1) is 23.2 Å². The van der Waals surface area contributed by atoms with Crippen molar-refractivity contribution in [3.05, 3.63) is 29.6 Å². The number of aryl methyl sites for hydroxylation is 1. The van der Waals surface area contributed by atoms with Crippen molar-refractivity contribution in [2.75, 3.05) is 24.6 Å². The maximum atomic E-state index is 12.5. The first kappa shape index (κ1) is 19.1. The van der Waals surface area contributed by atoms with E-state index in [9.17, 15) is 13.2 Å². The molecule has 0 aliphatic carbocycles. The van der Waals surface area contributed by atoms with Gasteiger partial charge in [-0.25, -0.2) is 13.2 Å². The number of pyridine rings is 1. The van der Waals surface area contributed by atoms with E-state index >= 15 is 0 Å². The molecule has 3 heterocycles. The highest BCUT2D eigenvalue weighted by Gasteiger charge is 2.48. The molecule has 1 aromatic rings. The summed E-state index contributed by atoms with van der Waals surface area (Å²) < 4.78 is 24.5. The summed E-state index contributed by atoms with van der Waals surface area (Å²) in [5.74, 6) is 0.151. The molecule has 2 fully saturated rings. The maximum absolute atomic E-state index is 12.5. The lowest BCUT2D eigenvalue weighted by Crippen LogP contribution is -2.62. The number of amides is 2. The normalized spacial score (nSPS) is 25.3. The van der Waals surface area contributed by atoms with Crippen molar-refractivity contribution in [2.45, 2.75) is 51.9 Å². The molecular formula is C18H28N4O3S. The van der Waals surface area contributed by atoms with Crippen molar-refractivity contribution in [2.24, 2.45) is 0 Å². The number of hydrogen-bond donors (Lipinski definition) is 1. The maximum Gasteiger partial charge on any atom is 0.317 e. The van der Waals surface area contributed by atoms with Gasteiger partial charge < -0.3 is 10.2 Å². The quantitative estimate of drug-likeness (QED) is 0.844. The Morgan fingerprint density at radius 2 is 2.00 bits per heavy atom. The van der Waals surface area contributed by atoms with E-state index in [1.165, 1.54) is 5.56 Å². The molecular weight excluding hydrogens is 352 g/mol. The number of aromatic nitrogens is 1. The molecule has 2 amide bonds. The van der Waals surface area contributed by atoms with E-state index in [0.29, 0.717) is 19.6 Å². The minimum absolute atomic E-state index is 0.0262. The summed E-state index contributed by atoms with van der Waals surface area (Å²) in [5.41, 5.74) is 2.12. The third kappa shape index (κ3) is 4.17. The second-order valence-corrected chi connectivity index (χ2v) is 9.64. The van der Waals surface area contributed by atoms with Crippen molar-refractivity contribution in [1.82, 2.24) is 20.1 Å². The number of fused-ring (bicyclic) bond motifs is 1. The first-order valence-electron chi connectivity index (χ1n) is 9.24. The molecule has 0 bridgehead atoms. The topological polar surface area (TPSA) is 82.6 Å². The van der Waals surface area contributed by atoms with Gasteiger partial charge in [-0.2, -0.15) is 0 Å². The first-order valence-corrected chi connectivity index (χ1v) is 11.1. The molecule has 144 valence electrons. The molecule has 0 saturated carbocycles. The molecule has 2 aliphatic rings. The van der Waals surface area contributed by atoms with Gasteiger partial charge in [0.2, 0.25) is 0 Å². The van der Waals surface area contributed by atoms with Crippen LogP contribution in [0.4, 0.5) is 4.79 Å². The summed E-state index contributed by atoms with van der Waals surface area (Å²) in [6.45, 7) is 7.69. The zero-order chi connectivity index (χ0) is 18.9. The van der Waals surface area contributed by atoms with E-state index in [2.05, 4.69) is 28.2 Å². The Bertz CT molecular complexity index is 748. The van der Waals surface area contributed by atoms with Crippen LogP contribution in [-0.4, -0.2) is 72.0 Å². The molecule has 8 heteroatoms. The van der Waals surface area contributed by atoms with Crippen molar-refractivity contribution in [3.8, 4) is 0 Å². The number of sulfone groups is 1. The third-order valence-corrected chi connectivity index (χ3v) is 6.82. The van der Waals surface area contributed by atoms with Gasteiger partial charge in [0.15, 0.2) is 9.84 Å². The Morgan fingerprint density at radius 1 is 1.27 bits per heavy atom. The van der Waals surface area contributed by atoms with E-state index in [1.54, 1.807) is 4.90 Å². The average molecular weight is 381 g/mol. The molecule has 2 aliphatic heterocycles. The fourth-order valence-corrected chi connectivity index (χ4v) is 5.78. The fourth-order valence-electron chi connectivity index (χ4n) is 3.77. The highest BCUT2D eigenvalue weighted by Crippen LogP contribution is 2.28. The van der Waals surface area contributed by atoms with Crippen molar-refractivity contribution in [1.29, 1.82) is 0 Å². The monoisotopic (exact) mass is 380 g/mol. The van der Waals surface area contributed by atoms with Gasteiger partial charge in [-0.3, -0.25) is 9.88 Å². The number of rotatable bonds is 4. The smallest absolute Gasteiger partial charge is 0.317 e. The number of nitrogens with one attached hydrogen (secondary N) is 1. The van der Waals surface area contributed by atoms with Gasteiger partial charge in [0, 0.05) is 37.9 Å². The van der Waals surface area contributed by atoms with Crippen LogP contribution in [0.1, 0.15) is 32.0 Å². The number of carbonyl (C=O) groups excluding carboxylic acids is 1. The second-order valence-electron chi connectivity index (χ2n) is 7.49. The molecule has 1 N–H and O–H groups in total. The first-order chi connectivity index (χ1) is 12.3. The standard InChI is InChI=1S/C18H28N4O3S/c1-4-14-5-6-15(19-9-14)10-21-7-8-22(18(23)20-13(2)3)17-12-26(24,25)11-16(17)21/h5-6,9,13,16-17H,4,7-8,10-12H2,1-3H3,(H,20,23)/t16-,17+/m1/s1. The summed E-state index contributed by atoms with van der Waals surface area (Å²) in [7, 11) is -3.14. The van der Waals surface area contributed by atoms with Gasteiger partial charge >= 0.3 is 6.03 Å². The minimum atomic E-state index is -3.14. The molecule has 2 saturated heterocycles. The lowest BCUT2D eigenvalue weighted by Gasteiger charge is -2.43. The molecule has 3 rings (SSSR count). The minimum Gasteiger partial charge on any atom is -0.336 e. The Kier molecular flexibility index (Phi) is 5.53. The number of hydrogen-bond acceptors (Lipinski definition) is 5. The fraction of sp³-hybridized carbons (Fsp3) is 0.667. The van der Waals surface area contributed by atoms with Crippen LogP contribution in [0.3, 0.4) is 0 Å². The number of carbonyl (C=O) groups is 1. The van der Waals surface area contributed by atoms with E-state index in [-0.39, 0.29) is 35.7 Å². The summed E-state index contributed by atoms with van der Waals surface area (Å²) in [6.07, 6.45) is 2.82. The molecule has 0 radical (unpaired) electrons. The lowest BCUT2D eigenvalue weighted by molar-refractivity contribution is 0.0592. The number of piperazine rings is 1. The molecule has 0 spiro atoms. The van der Waals surface area contributed by atoms with E-state index < -0.39 is 9.84 Å². The summed E-state index contributed by atoms with van der Waals surface area (Å²) in [6, 6.07) is 3.48. The van der Waals surface area contributed by atoms with Crippen LogP contribution in [0.25, 0.3) is 0 Å². The third-order valence-electron chi connectivity index (χ3n) is 5.12. The van der Waals surface area contributed by atoms with E-state index in [0.717, 1.165) is 12.1 Å². The summed E-state index contributed by atoms with van der Waals surface area (Å²) >= 11 is 0. The van der Waals surface area contributed by atoms with E-state index in [4.69, 9.17) is 0 Å². The predicted molar refractivity (Wildman–Crippen MR) is 101 cm³/mol. The second kappa shape index (κ2) is 7.52. The Morgan fingerprint density at radius 3 is 2.62 bits per heavy atom. The summed E-state index contributed by atoms with van der Waals surface area (Å²) in [5, 5.41) is 2.89. The van der Waals surface area contributed by atoms with Crippen LogP contribution in [0.5, 0.6) is 0 Å². The lowest BCUT2D eigenvalue weighted by atomic mass is 10.0. The van der Waals surface area contributed by atoms with Crippen LogP contribution in [-0.2, 0) is 22.8 Å². The van der Waals surface area contributed by atoms with Crippen LogP contribution in [0, 0.1) is 0 Å². The van der Waals surface area contributed by atoms with Gasteiger partial charge in [-0.15, -0.1) is 0 Å². The molecule has 1 aromatic heterocycles. The zero-order valence-electron chi connectivity index (χ0n) is 15.7. The molecule has 26 heavy (non-hydrogen) atoms. The Balaban J connectivity index is 1.76. The van der Waals surface area contributed by atoms with Crippen molar-refractivity contribution < 1.29 is 13.2 Å². The molecule has 0 aromatic carbocycles. The van der Waals surface area contributed by atoms with Crippen molar-refractivity contribution in [3.63, 3.8) is 0 Å². The van der Waals surface area contributed by atoms with Gasteiger partial charge in [0.25, 0.3) is 0 Å². The number of urea groups is 1. The summed E-state index contributed by atoms with van der Waals surface area (Å²) in [4.78, 5) is 20.9. The molecule has 0 unspecified atom stereocenters. The number of nitrogens with zero attached hydrogens (tertiary/aromatic N) is 3. The van der Waals surface area contributed by atoms with Crippen LogP contribution in [0.2, 0.25) is 0 Å². The Hall–Kier alpha value is -1.67. The van der Waals surface area contributed by atoms with Crippen LogP contribution < -0.4 is 5.32 Å². The van der Waals surface area contributed by atoms with Crippen LogP contribution >= 0.6 is 0 Å². The van der Waals surface area contributed by atoms with E-state index in [1.807, 2.05) is 26.1 Å². The largest absolute Gasteiger partial charge is 0.336 e. The van der Waals surface area contributed by atoms with Crippen LogP contribution in [0.15, 0.2) is 18.3 Å².